The summed E-state index contributed by atoms with van der Waals surface area (Å²) in [5, 5.41) is 1.19. The molecule has 0 radical (unpaired) electrons. The second kappa shape index (κ2) is 2.24. The molecule has 0 aliphatic rings. The normalized spacial score (nSPS) is 10.8. The molecule has 0 saturated carbocycles. The first-order valence-corrected chi connectivity index (χ1v) is 3.88. The van der Waals surface area contributed by atoms with Crippen molar-refractivity contribution >= 4 is 10.9 Å². The van der Waals surface area contributed by atoms with Gasteiger partial charge in [-0.2, -0.15) is 0 Å². The van der Waals surface area contributed by atoms with E-state index in [1.54, 1.807) is 17.1 Å². The lowest BCUT2D eigenvalue weighted by atomic mass is 10.2. The van der Waals surface area contributed by atoms with Gasteiger partial charge in [0.25, 0.3) is 0 Å². The molecule has 2 heterocycles. The first-order chi connectivity index (χ1) is 5.72. The third kappa shape index (κ3) is 0.733. The zero-order valence-electron chi connectivity index (χ0n) is 7.20. The zero-order chi connectivity index (χ0) is 8.72. The Labute approximate surface area is 70.8 Å². The minimum absolute atomic E-state index is 0.993. The molecule has 0 spiro atoms. The molecule has 0 amide bonds. The Morgan fingerprint density at radius 3 is 2.83 bits per heavy atom. The molecule has 2 N–H and O–H groups in total. The van der Waals surface area contributed by atoms with Crippen molar-refractivity contribution in [2.45, 2.75) is 13.8 Å². The third-order valence-electron chi connectivity index (χ3n) is 2.37. The fourth-order valence-corrected chi connectivity index (χ4v) is 1.45. The van der Waals surface area contributed by atoms with Crippen molar-refractivity contribution < 1.29 is 0 Å². The lowest BCUT2D eigenvalue weighted by molar-refractivity contribution is 0.985. The van der Waals surface area contributed by atoms with Crippen LogP contribution in [0.5, 0.6) is 0 Å². The summed E-state index contributed by atoms with van der Waals surface area (Å²) >= 11 is 0. The van der Waals surface area contributed by atoms with Gasteiger partial charge in [0.2, 0.25) is 0 Å². The Morgan fingerprint density at radius 2 is 2.17 bits per heavy atom. The van der Waals surface area contributed by atoms with E-state index in [0.29, 0.717) is 0 Å². The van der Waals surface area contributed by atoms with Gasteiger partial charge in [0.05, 0.1) is 11.7 Å². The quantitative estimate of drug-likeness (QED) is 0.593. The molecule has 0 atom stereocenters. The van der Waals surface area contributed by atoms with Crippen LogP contribution in [-0.2, 0) is 0 Å². The number of nitrogens with zero attached hydrogens (tertiary/aromatic N) is 2. The topological polar surface area (TPSA) is 43.8 Å². The number of hydrogen-bond donors (Lipinski definition) is 1. The maximum atomic E-state index is 5.82. The molecule has 62 valence electrons. The van der Waals surface area contributed by atoms with Gasteiger partial charge in [0.1, 0.15) is 0 Å². The van der Waals surface area contributed by atoms with Crippen molar-refractivity contribution in [3.63, 3.8) is 0 Å². The Kier molecular flexibility index (Phi) is 1.33. The van der Waals surface area contributed by atoms with Crippen molar-refractivity contribution in [2.24, 2.45) is 0 Å². The lowest BCUT2D eigenvalue weighted by Gasteiger charge is -1.96. The molecular formula is C9H11N3. The molecule has 12 heavy (non-hydrogen) atoms. The zero-order valence-corrected chi connectivity index (χ0v) is 7.20. The fraction of sp³-hybridized carbons (Fsp3) is 0.222. The maximum Gasteiger partial charge on any atom is 0.0879 e. The van der Waals surface area contributed by atoms with Crippen LogP contribution in [0.15, 0.2) is 18.5 Å². The van der Waals surface area contributed by atoms with Crippen molar-refractivity contribution in [3.05, 3.63) is 29.7 Å². The van der Waals surface area contributed by atoms with E-state index < -0.39 is 0 Å². The highest BCUT2D eigenvalue weighted by Crippen LogP contribution is 2.21. The van der Waals surface area contributed by atoms with Gasteiger partial charge in [-0.05, 0) is 25.5 Å². The first kappa shape index (κ1) is 7.16. The lowest BCUT2D eigenvalue weighted by Crippen LogP contribution is -2.09. The van der Waals surface area contributed by atoms with Crippen LogP contribution in [0.1, 0.15) is 11.3 Å². The Balaban J connectivity index is 2.99. The van der Waals surface area contributed by atoms with Gasteiger partial charge < -0.3 is 5.84 Å². The van der Waals surface area contributed by atoms with Gasteiger partial charge in [0, 0.05) is 17.3 Å². The summed E-state index contributed by atoms with van der Waals surface area (Å²) in [5.74, 6) is 5.82. The van der Waals surface area contributed by atoms with Gasteiger partial charge >= 0.3 is 0 Å². The number of nitrogen functional groups attached to an aromatic ring is 1. The molecule has 3 nitrogen and oxygen atoms in total. The Hall–Kier alpha value is -1.51. The minimum atomic E-state index is 0.993. The molecule has 0 saturated heterocycles. The molecule has 3 heteroatoms. The van der Waals surface area contributed by atoms with Crippen LogP contribution in [0.3, 0.4) is 0 Å². The van der Waals surface area contributed by atoms with E-state index in [-0.39, 0.29) is 0 Å². The highest BCUT2D eigenvalue weighted by Gasteiger charge is 2.06. The van der Waals surface area contributed by atoms with E-state index in [0.717, 1.165) is 11.2 Å². The average molecular weight is 161 g/mol. The summed E-state index contributed by atoms with van der Waals surface area (Å²) in [6.07, 6.45) is 3.57. The molecule has 0 unspecified atom stereocenters. The standard InChI is InChI=1S/C9H11N3/c1-6-7(2)12(10)9-5-11-4-3-8(6)9/h3-5H,10H2,1-2H3. The van der Waals surface area contributed by atoms with Gasteiger partial charge in [-0.25, -0.2) is 0 Å². The monoisotopic (exact) mass is 161 g/mol. The van der Waals surface area contributed by atoms with Crippen LogP contribution in [0, 0.1) is 13.8 Å². The fourth-order valence-electron chi connectivity index (χ4n) is 1.45. The maximum absolute atomic E-state index is 5.82. The van der Waals surface area contributed by atoms with E-state index in [1.807, 2.05) is 13.0 Å². The van der Waals surface area contributed by atoms with Crippen molar-refractivity contribution in [1.29, 1.82) is 0 Å². The highest BCUT2D eigenvalue weighted by atomic mass is 15.3. The molecular weight excluding hydrogens is 150 g/mol. The van der Waals surface area contributed by atoms with Crippen LogP contribution < -0.4 is 5.84 Å². The average Bonchev–Trinajstić information content (AvgIpc) is 2.33. The second-order valence-corrected chi connectivity index (χ2v) is 2.97. The SMILES string of the molecule is Cc1c(C)n(N)c2cnccc12. The summed E-state index contributed by atoms with van der Waals surface area (Å²) in [4.78, 5) is 4.03. The van der Waals surface area contributed by atoms with Gasteiger partial charge in [-0.1, -0.05) is 0 Å². The summed E-state index contributed by atoms with van der Waals surface area (Å²) in [6, 6.07) is 1.99. The van der Waals surface area contributed by atoms with E-state index in [1.165, 1.54) is 10.9 Å². The predicted octanol–water partition coefficient (Wildman–Crippen LogP) is 1.37. The smallest absolute Gasteiger partial charge is 0.0879 e. The van der Waals surface area contributed by atoms with Crippen molar-refractivity contribution in [2.75, 3.05) is 5.84 Å². The van der Waals surface area contributed by atoms with Gasteiger partial charge in [0.15, 0.2) is 0 Å². The van der Waals surface area contributed by atoms with Crippen LogP contribution >= 0.6 is 0 Å². The van der Waals surface area contributed by atoms with E-state index in [2.05, 4.69) is 11.9 Å². The van der Waals surface area contributed by atoms with E-state index in [4.69, 9.17) is 5.84 Å². The molecule has 2 aromatic heterocycles. The van der Waals surface area contributed by atoms with Crippen LogP contribution in [0.4, 0.5) is 0 Å². The number of pyridine rings is 1. The molecule has 0 aliphatic carbocycles. The number of nitrogens with two attached hydrogens (primary N) is 1. The van der Waals surface area contributed by atoms with Gasteiger partial charge in [-0.3, -0.25) is 9.66 Å². The second-order valence-electron chi connectivity index (χ2n) is 2.97. The summed E-state index contributed by atoms with van der Waals surface area (Å²) < 4.78 is 1.68. The molecule has 2 rings (SSSR count). The minimum Gasteiger partial charge on any atom is -0.339 e. The predicted molar refractivity (Wildman–Crippen MR) is 49.4 cm³/mol. The number of aromatic nitrogens is 2. The van der Waals surface area contributed by atoms with Crippen LogP contribution in [0.25, 0.3) is 10.9 Å². The van der Waals surface area contributed by atoms with Crippen molar-refractivity contribution in [3.8, 4) is 0 Å². The summed E-state index contributed by atoms with van der Waals surface area (Å²) in [7, 11) is 0. The molecule has 0 aliphatic heterocycles. The Morgan fingerprint density at radius 1 is 1.42 bits per heavy atom. The van der Waals surface area contributed by atoms with Crippen LogP contribution in [0.2, 0.25) is 0 Å². The number of rotatable bonds is 0. The molecule has 0 aromatic carbocycles. The van der Waals surface area contributed by atoms with Crippen molar-refractivity contribution in [1.82, 2.24) is 9.66 Å². The summed E-state index contributed by atoms with van der Waals surface area (Å²) in [5.41, 5.74) is 3.32. The Bertz CT molecular complexity index is 390. The van der Waals surface area contributed by atoms with Gasteiger partial charge in [-0.15, -0.1) is 0 Å². The number of hydrogen-bond acceptors (Lipinski definition) is 2. The molecule has 0 fully saturated rings. The number of aryl methyl sites for hydroxylation is 1. The highest BCUT2D eigenvalue weighted by molar-refractivity contribution is 5.84. The number of fused-ring (bicyclic) bond motifs is 1. The first-order valence-electron chi connectivity index (χ1n) is 3.88. The molecule has 0 bridgehead atoms. The van der Waals surface area contributed by atoms with Crippen LogP contribution in [-0.4, -0.2) is 9.66 Å². The third-order valence-corrected chi connectivity index (χ3v) is 2.37. The molecule has 2 aromatic rings. The summed E-state index contributed by atoms with van der Waals surface area (Å²) in [6.45, 7) is 4.08. The largest absolute Gasteiger partial charge is 0.339 e. The van der Waals surface area contributed by atoms with E-state index >= 15 is 0 Å². The van der Waals surface area contributed by atoms with E-state index in [9.17, 15) is 0 Å².